The Labute approximate surface area is 122 Å². The van der Waals surface area contributed by atoms with Gasteiger partial charge < -0.3 is 10.2 Å². The van der Waals surface area contributed by atoms with Crippen LogP contribution in [0.3, 0.4) is 0 Å². The van der Waals surface area contributed by atoms with E-state index in [9.17, 15) is 4.39 Å². The first-order valence-corrected chi connectivity index (χ1v) is 7.87. The molecule has 0 aliphatic heterocycles. The highest BCUT2D eigenvalue weighted by Crippen LogP contribution is 2.26. The highest BCUT2D eigenvalue weighted by molar-refractivity contribution is 5.56. The van der Waals surface area contributed by atoms with Crippen molar-refractivity contribution in [2.24, 2.45) is 0 Å². The summed E-state index contributed by atoms with van der Waals surface area (Å²) in [5.74, 6) is -0.139. The van der Waals surface area contributed by atoms with Crippen molar-refractivity contribution in [2.45, 2.75) is 64.5 Å². The highest BCUT2D eigenvalue weighted by Gasteiger charge is 2.14. The van der Waals surface area contributed by atoms with E-state index < -0.39 is 0 Å². The molecule has 1 aromatic rings. The third-order valence-electron chi connectivity index (χ3n) is 4.33. The summed E-state index contributed by atoms with van der Waals surface area (Å²) in [4.78, 5) is 1.96. The van der Waals surface area contributed by atoms with Gasteiger partial charge in [0.2, 0.25) is 0 Å². The molecule has 1 N–H and O–H groups in total. The number of hydrogen-bond donors (Lipinski definition) is 1. The molecule has 0 amide bonds. The maximum atomic E-state index is 14.2. The first-order valence-electron chi connectivity index (χ1n) is 7.87. The van der Waals surface area contributed by atoms with Gasteiger partial charge in [-0.25, -0.2) is 4.39 Å². The Morgan fingerprint density at radius 1 is 1.15 bits per heavy atom. The van der Waals surface area contributed by atoms with Crippen molar-refractivity contribution in [1.29, 1.82) is 0 Å². The zero-order valence-electron chi connectivity index (χ0n) is 13.0. The molecule has 0 atom stereocenters. The van der Waals surface area contributed by atoms with Crippen LogP contribution in [0.5, 0.6) is 0 Å². The van der Waals surface area contributed by atoms with Crippen LogP contribution in [-0.2, 0) is 0 Å². The molecule has 0 saturated heterocycles. The van der Waals surface area contributed by atoms with Gasteiger partial charge in [-0.2, -0.15) is 0 Å². The summed E-state index contributed by atoms with van der Waals surface area (Å²) in [6.45, 7) is 4.13. The van der Waals surface area contributed by atoms with Gasteiger partial charge in [-0.15, -0.1) is 0 Å². The van der Waals surface area contributed by atoms with Gasteiger partial charge in [-0.05, 0) is 44.9 Å². The van der Waals surface area contributed by atoms with Crippen molar-refractivity contribution in [3.8, 4) is 0 Å². The number of nitrogens with zero attached hydrogens (tertiary/aromatic N) is 1. The average molecular weight is 278 g/mol. The van der Waals surface area contributed by atoms with E-state index in [2.05, 4.69) is 19.2 Å². The standard InChI is InChI=1S/C17H27FN2/c1-13(2)20(3)17-11-10-15(12-16(17)18)19-14-8-6-4-5-7-9-14/h10-14,19H,4-9H2,1-3H3. The summed E-state index contributed by atoms with van der Waals surface area (Å²) in [7, 11) is 1.93. The van der Waals surface area contributed by atoms with E-state index in [-0.39, 0.29) is 5.82 Å². The molecular weight excluding hydrogens is 251 g/mol. The minimum absolute atomic E-state index is 0.139. The lowest BCUT2D eigenvalue weighted by Crippen LogP contribution is -2.26. The molecule has 1 fully saturated rings. The molecule has 1 saturated carbocycles. The van der Waals surface area contributed by atoms with Gasteiger partial charge in [0.15, 0.2) is 0 Å². The molecule has 0 aromatic heterocycles. The monoisotopic (exact) mass is 278 g/mol. The molecule has 2 rings (SSSR count). The van der Waals surface area contributed by atoms with Gasteiger partial charge in [-0.3, -0.25) is 0 Å². The summed E-state index contributed by atoms with van der Waals surface area (Å²) in [6, 6.07) is 6.33. The normalized spacial score (nSPS) is 17.1. The van der Waals surface area contributed by atoms with Crippen molar-refractivity contribution >= 4 is 11.4 Å². The van der Waals surface area contributed by atoms with Crippen molar-refractivity contribution in [2.75, 3.05) is 17.3 Å². The molecule has 0 heterocycles. The van der Waals surface area contributed by atoms with Gasteiger partial charge in [0.05, 0.1) is 5.69 Å². The van der Waals surface area contributed by atoms with Crippen LogP contribution in [0.2, 0.25) is 0 Å². The number of hydrogen-bond acceptors (Lipinski definition) is 2. The summed E-state index contributed by atoms with van der Waals surface area (Å²) < 4.78 is 14.2. The van der Waals surface area contributed by atoms with Crippen LogP contribution in [0.25, 0.3) is 0 Å². The second-order valence-corrected chi connectivity index (χ2v) is 6.20. The summed E-state index contributed by atoms with van der Waals surface area (Å²) >= 11 is 0. The summed E-state index contributed by atoms with van der Waals surface area (Å²) in [5, 5.41) is 3.50. The Hall–Kier alpha value is -1.25. The van der Waals surface area contributed by atoms with Crippen molar-refractivity contribution < 1.29 is 4.39 Å². The van der Waals surface area contributed by atoms with Crippen LogP contribution < -0.4 is 10.2 Å². The second-order valence-electron chi connectivity index (χ2n) is 6.20. The van der Waals surface area contributed by atoms with Crippen LogP contribution in [0, 0.1) is 5.82 Å². The minimum Gasteiger partial charge on any atom is -0.382 e. The molecule has 0 spiro atoms. The second kappa shape index (κ2) is 6.96. The van der Waals surface area contributed by atoms with Crippen molar-refractivity contribution in [3.63, 3.8) is 0 Å². The lowest BCUT2D eigenvalue weighted by atomic mass is 10.1. The van der Waals surface area contributed by atoms with Crippen LogP contribution in [0.4, 0.5) is 15.8 Å². The maximum absolute atomic E-state index is 14.2. The van der Waals surface area contributed by atoms with E-state index in [0.717, 1.165) is 5.69 Å². The van der Waals surface area contributed by atoms with Crippen LogP contribution >= 0.6 is 0 Å². The summed E-state index contributed by atoms with van der Waals surface area (Å²) in [6.07, 6.45) is 7.66. The van der Waals surface area contributed by atoms with Crippen LogP contribution in [0.15, 0.2) is 18.2 Å². The first-order chi connectivity index (χ1) is 9.58. The van der Waals surface area contributed by atoms with E-state index in [1.807, 2.05) is 24.1 Å². The number of halogens is 1. The third kappa shape index (κ3) is 3.87. The number of nitrogens with one attached hydrogen (secondary N) is 1. The number of rotatable bonds is 4. The molecular formula is C17H27FN2. The number of benzene rings is 1. The van der Waals surface area contributed by atoms with Gasteiger partial charge in [-0.1, -0.05) is 25.7 Å². The molecule has 2 nitrogen and oxygen atoms in total. The van der Waals surface area contributed by atoms with Crippen LogP contribution in [0.1, 0.15) is 52.4 Å². The Balaban J connectivity index is 2.04. The van der Waals surface area contributed by atoms with Gasteiger partial charge in [0.25, 0.3) is 0 Å². The first kappa shape index (κ1) is 15.1. The lowest BCUT2D eigenvalue weighted by molar-refractivity contribution is 0.607. The van der Waals surface area contributed by atoms with Crippen molar-refractivity contribution in [1.82, 2.24) is 0 Å². The Morgan fingerprint density at radius 3 is 2.35 bits per heavy atom. The molecule has 0 bridgehead atoms. The highest BCUT2D eigenvalue weighted by atomic mass is 19.1. The van der Waals surface area contributed by atoms with E-state index in [4.69, 9.17) is 0 Å². The Bertz CT molecular complexity index is 423. The van der Waals surface area contributed by atoms with Gasteiger partial charge in [0, 0.05) is 24.8 Å². The van der Waals surface area contributed by atoms with Gasteiger partial charge >= 0.3 is 0 Å². The fourth-order valence-corrected chi connectivity index (χ4v) is 2.82. The molecule has 0 unspecified atom stereocenters. The quantitative estimate of drug-likeness (QED) is 0.795. The van der Waals surface area contributed by atoms with Crippen molar-refractivity contribution in [3.05, 3.63) is 24.0 Å². The predicted octanol–water partition coefficient (Wildman–Crippen LogP) is 4.81. The SMILES string of the molecule is CC(C)N(C)c1ccc(NC2CCCCCC2)cc1F. The lowest BCUT2D eigenvalue weighted by Gasteiger charge is -2.25. The molecule has 1 aliphatic rings. The Kier molecular flexibility index (Phi) is 5.27. The van der Waals surface area contributed by atoms with Gasteiger partial charge in [0.1, 0.15) is 5.82 Å². The maximum Gasteiger partial charge on any atom is 0.148 e. The molecule has 0 radical (unpaired) electrons. The zero-order valence-corrected chi connectivity index (χ0v) is 13.0. The van der Waals surface area contributed by atoms with E-state index in [0.29, 0.717) is 17.8 Å². The largest absolute Gasteiger partial charge is 0.382 e. The fraction of sp³-hybridized carbons (Fsp3) is 0.647. The third-order valence-corrected chi connectivity index (χ3v) is 4.33. The number of anilines is 2. The fourth-order valence-electron chi connectivity index (χ4n) is 2.82. The topological polar surface area (TPSA) is 15.3 Å². The predicted molar refractivity (Wildman–Crippen MR) is 85.1 cm³/mol. The van der Waals surface area contributed by atoms with E-state index in [1.165, 1.54) is 38.5 Å². The molecule has 1 aromatic carbocycles. The average Bonchev–Trinajstić information content (AvgIpc) is 2.67. The van der Waals surface area contributed by atoms with E-state index >= 15 is 0 Å². The van der Waals surface area contributed by atoms with E-state index in [1.54, 1.807) is 6.07 Å². The smallest absolute Gasteiger partial charge is 0.148 e. The van der Waals surface area contributed by atoms with Crippen LogP contribution in [-0.4, -0.2) is 19.1 Å². The molecule has 3 heteroatoms. The Morgan fingerprint density at radius 2 is 1.80 bits per heavy atom. The molecule has 112 valence electrons. The molecule has 20 heavy (non-hydrogen) atoms. The molecule has 1 aliphatic carbocycles. The summed E-state index contributed by atoms with van der Waals surface area (Å²) in [5.41, 5.74) is 1.58. The minimum atomic E-state index is -0.139. The zero-order chi connectivity index (χ0) is 14.5.